The van der Waals surface area contributed by atoms with E-state index >= 15 is 0 Å². The van der Waals surface area contributed by atoms with Crippen molar-refractivity contribution in [3.8, 4) is 0 Å². The summed E-state index contributed by atoms with van der Waals surface area (Å²) in [5.41, 5.74) is 1.76. The molecule has 0 aliphatic heterocycles. The van der Waals surface area contributed by atoms with Crippen LogP contribution in [0.3, 0.4) is 0 Å². The van der Waals surface area contributed by atoms with Crippen LogP contribution in [0, 0.1) is 12.8 Å². The number of rotatable bonds is 6. The molecule has 0 aliphatic carbocycles. The molecule has 1 rings (SSSR count). The fourth-order valence-corrected chi connectivity index (χ4v) is 2.32. The Morgan fingerprint density at radius 3 is 2.39 bits per heavy atom. The van der Waals surface area contributed by atoms with Crippen LogP contribution in [0.25, 0.3) is 0 Å². The predicted octanol–water partition coefficient (Wildman–Crippen LogP) is 2.72. The van der Waals surface area contributed by atoms with E-state index in [4.69, 9.17) is 4.74 Å². The molecular formula is C14H18O3S. The number of esters is 1. The van der Waals surface area contributed by atoms with Crippen LogP contribution in [0.4, 0.5) is 0 Å². The monoisotopic (exact) mass is 266 g/mol. The lowest BCUT2D eigenvalue weighted by Gasteiger charge is -2.12. The van der Waals surface area contributed by atoms with E-state index in [0.29, 0.717) is 11.3 Å². The fourth-order valence-electron chi connectivity index (χ4n) is 1.66. The highest BCUT2D eigenvalue weighted by Gasteiger charge is 2.22. The Bertz CT molecular complexity index is 412. The second-order valence-corrected chi connectivity index (χ2v) is 5.08. The van der Waals surface area contributed by atoms with E-state index in [2.05, 4.69) is 0 Å². The standard InChI is InChI=1S/C14H18O3S/c1-10-4-6-11(7-5-10)13(15)8-12(9-18-3)14(16)17-2/h4-7,12H,8-9H2,1-3H3. The van der Waals surface area contributed by atoms with Crippen molar-refractivity contribution < 1.29 is 14.3 Å². The zero-order valence-corrected chi connectivity index (χ0v) is 11.8. The second-order valence-electron chi connectivity index (χ2n) is 4.17. The Morgan fingerprint density at radius 2 is 1.89 bits per heavy atom. The minimum absolute atomic E-state index is 0.0144. The number of ketones is 1. The van der Waals surface area contributed by atoms with Crippen LogP contribution < -0.4 is 0 Å². The van der Waals surface area contributed by atoms with Crippen molar-refractivity contribution in [1.82, 2.24) is 0 Å². The normalized spacial score (nSPS) is 11.9. The van der Waals surface area contributed by atoms with Crippen LogP contribution >= 0.6 is 11.8 Å². The Hall–Kier alpha value is -1.29. The van der Waals surface area contributed by atoms with Crippen molar-refractivity contribution in [3.05, 3.63) is 35.4 Å². The number of ether oxygens (including phenoxy) is 1. The number of hydrogen-bond donors (Lipinski definition) is 0. The number of hydrogen-bond acceptors (Lipinski definition) is 4. The molecular weight excluding hydrogens is 248 g/mol. The smallest absolute Gasteiger partial charge is 0.309 e. The fraction of sp³-hybridized carbons (Fsp3) is 0.429. The summed E-state index contributed by atoms with van der Waals surface area (Å²) in [5, 5.41) is 0. The van der Waals surface area contributed by atoms with Crippen LogP contribution in [0.2, 0.25) is 0 Å². The molecule has 0 saturated heterocycles. The highest BCUT2D eigenvalue weighted by atomic mass is 32.2. The number of thioether (sulfide) groups is 1. The summed E-state index contributed by atoms with van der Waals surface area (Å²) in [6, 6.07) is 7.39. The average molecular weight is 266 g/mol. The van der Waals surface area contributed by atoms with E-state index in [0.717, 1.165) is 5.56 Å². The lowest BCUT2D eigenvalue weighted by atomic mass is 9.99. The van der Waals surface area contributed by atoms with Gasteiger partial charge in [-0.15, -0.1) is 0 Å². The van der Waals surface area contributed by atoms with Gasteiger partial charge in [-0.25, -0.2) is 0 Å². The second kappa shape index (κ2) is 7.21. The lowest BCUT2D eigenvalue weighted by molar-refractivity contribution is -0.144. The maximum absolute atomic E-state index is 12.0. The molecule has 0 fully saturated rings. The molecule has 1 unspecified atom stereocenters. The molecule has 0 radical (unpaired) electrons. The Balaban J connectivity index is 2.71. The number of Topliss-reactive ketones (excluding diaryl/α,β-unsaturated/α-hetero) is 1. The molecule has 4 heteroatoms. The van der Waals surface area contributed by atoms with Gasteiger partial charge in [0.25, 0.3) is 0 Å². The van der Waals surface area contributed by atoms with Gasteiger partial charge in [0.05, 0.1) is 13.0 Å². The molecule has 0 spiro atoms. The topological polar surface area (TPSA) is 43.4 Å². The number of methoxy groups -OCH3 is 1. The van der Waals surface area contributed by atoms with Crippen molar-refractivity contribution in [1.29, 1.82) is 0 Å². The zero-order valence-electron chi connectivity index (χ0n) is 10.9. The van der Waals surface area contributed by atoms with Crippen molar-refractivity contribution in [2.75, 3.05) is 19.1 Å². The van der Waals surface area contributed by atoms with Crippen LogP contribution in [0.5, 0.6) is 0 Å². The van der Waals surface area contributed by atoms with Crippen molar-refractivity contribution in [3.63, 3.8) is 0 Å². The van der Waals surface area contributed by atoms with Gasteiger partial charge in [0.15, 0.2) is 5.78 Å². The van der Waals surface area contributed by atoms with Gasteiger partial charge in [-0.2, -0.15) is 11.8 Å². The molecule has 98 valence electrons. The molecule has 1 atom stereocenters. The highest BCUT2D eigenvalue weighted by Crippen LogP contribution is 2.16. The maximum atomic E-state index is 12.0. The van der Waals surface area contributed by atoms with Gasteiger partial charge >= 0.3 is 5.97 Å². The first-order chi connectivity index (χ1) is 8.58. The molecule has 0 saturated carbocycles. The minimum Gasteiger partial charge on any atom is -0.469 e. The van der Waals surface area contributed by atoms with Crippen molar-refractivity contribution in [2.24, 2.45) is 5.92 Å². The molecule has 0 N–H and O–H groups in total. The SMILES string of the molecule is COC(=O)C(CSC)CC(=O)c1ccc(C)cc1. The number of carbonyl (C=O) groups is 2. The molecule has 18 heavy (non-hydrogen) atoms. The highest BCUT2D eigenvalue weighted by molar-refractivity contribution is 7.98. The van der Waals surface area contributed by atoms with E-state index < -0.39 is 0 Å². The molecule has 0 bridgehead atoms. The van der Waals surface area contributed by atoms with Gasteiger partial charge in [-0.1, -0.05) is 29.8 Å². The van der Waals surface area contributed by atoms with Gasteiger partial charge < -0.3 is 4.74 Å². The largest absolute Gasteiger partial charge is 0.469 e. The number of benzene rings is 1. The van der Waals surface area contributed by atoms with Crippen molar-refractivity contribution >= 4 is 23.5 Å². The average Bonchev–Trinajstić information content (AvgIpc) is 2.38. The molecule has 0 aliphatic rings. The van der Waals surface area contributed by atoms with Crippen LogP contribution in [0.15, 0.2) is 24.3 Å². The van der Waals surface area contributed by atoms with Crippen molar-refractivity contribution in [2.45, 2.75) is 13.3 Å². The minimum atomic E-state index is -0.362. The molecule has 3 nitrogen and oxygen atoms in total. The summed E-state index contributed by atoms with van der Waals surface area (Å²) in [7, 11) is 1.35. The van der Waals surface area contributed by atoms with E-state index in [1.165, 1.54) is 7.11 Å². The third kappa shape index (κ3) is 4.18. The van der Waals surface area contributed by atoms with E-state index in [9.17, 15) is 9.59 Å². The maximum Gasteiger partial charge on any atom is 0.309 e. The van der Waals surface area contributed by atoms with Gasteiger partial charge in [0, 0.05) is 17.7 Å². The summed E-state index contributed by atoms with van der Waals surface area (Å²) < 4.78 is 4.72. The molecule has 0 heterocycles. The van der Waals surface area contributed by atoms with E-state index in [1.807, 2.05) is 25.3 Å². The van der Waals surface area contributed by atoms with Gasteiger partial charge in [0.1, 0.15) is 0 Å². The van der Waals surface area contributed by atoms with Gasteiger partial charge in [-0.3, -0.25) is 9.59 Å². The Kier molecular flexibility index (Phi) is 5.92. The third-order valence-electron chi connectivity index (χ3n) is 2.71. The van der Waals surface area contributed by atoms with Crippen LogP contribution in [0.1, 0.15) is 22.3 Å². The number of aryl methyl sites for hydroxylation is 1. The van der Waals surface area contributed by atoms with Gasteiger partial charge in [0.2, 0.25) is 0 Å². The summed E-state index contributed by atoms with van der Waals surface area (Å²) >= 11 is 1.54. The Morgan fingerprint density at radius 1 is 1.28 bits per heavy atom. The van der Waals surface area contributed by atoms with Crippen LogP contribution in [-0.2, 0) is 9.53 Å². The summed E-state index contributed by atoms with van der Waals surface area (Å²) in [5.74, 6) is -0.0901. The molecule has 1 aromatic carbocycles. The third-order valence-corrected chi connectivity index (χ3v) is 3.44. The first-order valence-corrected chi connectivity index (χ1v) is 7.14. The predicted molar refractivity (Wildman–Crippen MR) is 74.0 cm³/mol. The molecule has 0 amide bonds. The lowest BCUT2D eigenvalue weighted by Crippen LogP contribution is -2.22. The summed E-state index contributed by atoms with van der Waals surface area (Å²) in [4.78, 5) is 23.6. The van der Waals surface area contributed by atoms with E-state index in [1.54, 1.807) is 23.9 Å². The number of carbonyl (C=O) groups excluding carboxylic acids is 2. The summed E-state index contributed by atoms with van der Waals surface area (Å²) in [6.07, 6.45) is 2.11. The molecule has 1 aromatic rings. The Labute approximate surface area is 112 Å². The van der Waals surface area contributed by atoms with Crippen LogP contribution in [-0.4, -0.2) is 30.9 Å². The van der Waals surface area contributed by atoms with E-state index in [-0.39, 0.29) is 24.1 Å². The summed E-state index contributed by atoms with van der Waals surface area (Å²) in [6.45, 7) is 1.97. The first kappa shape index (κ1) is 14.8. The van der Waals surface area contributed by atoms with Gasteiger partial charge in [-0.05, 0) is 13.2 Å². The zero-order chi connectivity index (χ0) is 13.5. The molecule has 0 aromatic heterocycles. The first-order valence-electron chi connectivity index (χ1n) is 5.75. The quantitative estimate of drug-likeness (QED) is 0.586.